The van der Waals surface area contributed by atoms with E-state index in [4.69, 9.17) is 0 Å². The summed E-state index contributed by atoms with van der Waals surface area (Å²) in [7, 11) is -3.44. The van der Waals surface area contributed by atoms with Gasteiger partial charge in [0.15, 0.2) is 6.29 Å². The quantitative estimate of drug-likeness (QED) is 0.554. The molecular weight excluding hydrogens is 386 g/mol. The lowest BCUT2D eigenvalue weighted by atomic mass is 10.6. The zero-order chi connectivity index (χ0) is 16.0. The number of carbonyl (C=O) groups excluding carboxylic acids is 1. The molecule has 5 nitrogen and oxygen atoms in total. The Hall–Kier alpha value is -0.910. The second-order valence-corrected chi connectivity index (χ2v) is 8.82. The molecule has 2 aromatic heterocycles. The monoisotopic (exact) mass is 404 g/mol. The van der Waals surface area contributed by atoms with Gasteiger partial charge in [0.05, 0.1) is 9.75 Å². The number of nitrogens with zero attached hydrogens (tertiary/aromatic N) is 2. The van der Waals surface area contributed by atoms with Gasteiger partial charge in [-0.25, -0.2) is 27.2 Å². The third-order valence-electron chi connectivity index (χ3n) is 1.83. The number of thiazole rings is 2. The fourth-order valence-electron chi connectivity index (χ4n) is 0.961. The summed E-state index contributed by atoms with van der Waals surface area (Å²) < 4.78 is 46.1. The Kier molecular flexibility index (Phi) is 11.4. The van der Waals surface area contributed by atoms with Crippen molar-refractivity contribution in [1.82, 2.24) is 9.97 Å². The van der Waals surface area contributed by atoms with Crippen molar-refractivity contribution in [2.75, 3.05) is 12.5 Å². The van der Waals surface area contributed by atoms with Gasteiger partial charge >= 0.3 is 0 Å². The smallest absolute Gasteiger partial charge is 0.274 e. The van der Waals surface area contributed by atoms with Crippen LogP contribution in [0, 0.1) is 0 Å². The minimum atomic E-state index is -3.44. The maximum atomic E-state index is 11.9. The lowest BCUT2D eigenvalue weighted by molar-refractivity contribution is 0.112. The van der Waals surface area contributed by atoms with E-state index in [1.165, 1.54) is 11.3 Å². The molecule has 0 aromatic carbocycles. The number of hydrogen-bond donors (Lipinski definition) is 0. The van der Waals surface area contributed by atoms with Crippen LogP contribution in [0.2, 0.25) is 0 Å². The number of aromatic nitrogens is 2. The van der Waals surface area contributed by atoms with E-state index >= 15 is 0 Å². The summed E-state index contributed by atoms with van der Waals surface area (Å²) >= 11 is 3.47. The summed E-state index contributed by atoms with van der Waals surface area (Å²) in [5.74, 6) is 0. The normalized spacial score (nSPS) is 10.1. The van der Waals surface area contributed by atoms with Gasteiger partial charge in [0.25, 0.3) is 6.43 Å². The summed E-state index contributed by atoms with van der Waals surface area (Å²) in [6.07, 6.45) is 3.50. The van der Waals surface area contributed by atoms with Crippen LogP contribution in [0.4, 0.5) is 8.78 Å². The van der Waals surface area contributed by atoms with E-state index in [9.17, 15) is 22.0 Å². The van der Waals surface area contributed by atoms with Gasteiger partial charge in [0, 0.05) is 18.6 Å². The average molecular weight is 405 g/mol. The van der Waals surface area contributed by atoms with Crippen LogP contribution in [0.15, 0.2) is 21.1 Å². The van der Waals surface area contributed by atoms with Crippen LogP contribution in [0.25, 0.3) is 0 Å². The topological polar surface area (TPSA) is 77.0 Å². The maximum absolute atomic E-state index is 11.9. The highest BCUT2D eigenvalue weighted by Gasteiger charge is 2.17. The van der Waals surface area contributed by atoms with Crippen molar-refractivity contribution >= 4 is 50.6 Å². The highest BCUT2D eigenvalue weighted by atomic mass is 32.2. The minimum absolute atomic E-state index is 0. The van der Waals surface area contributed by atoms with Gasteiger partial charge in [-0.2, -0.15) is 0 Å². The highest BCUT2D eigenvalue weighted by molar-refractivity contribution is 8.00. The molecule has 2 rings (SSSR count). The first-order chi connectivity index (χ1) is 9.77. The van der Waals surface area contributed by atoms with Gasteiger partial charge in [-0.15, -0.1) is 22.7 Å². The van der Waals surface area contributed by atoms with Crippen molar-refractivity contribution < 1.29 is 22.0 Å². The van der Waals surface area contributed by atoms with Crippen LogP contribution in [-0.2, 0) is 9.84 Å². The molecule has 23 heavy (non-hydrogen) atoms. The van der Waals surface area contributed by atoms with Crippen LogP contribution in [-0.4, -0.2) is 37.2 Å². The first kappa shape index (κ1) is 24.3. The summed E-state index contributed by atoms with van der Waals surface area (Å²) in [6, 6.07) is 0. The van der Waals surface area contributed by atoms with Crippen molar-refractivity contribution in [2.45, 2.75) is 30.0 Å². The van der Waals surface area contributed by atoms with Crippen molar-refractivity contribution in [3.8, 4) is 0 Å². The Morgan fingerprint density at radius 2 is 1.83 bits per heavy atom. The number of hydrogen-bond acceptors (Lipinski definition) is 8. The van der Waals surface area contributed by atoms with E-state index in [1.807, 2.05) is 6.26 Å². The molecule has 2 heterocycles. The Balaban J connectivity index is 0. The molecule has 0 aliphatic rings. The first-order valence-corrected chi connectivity index (χ1v) is 9.91. The summed E-state index contributed by atoms with van der Waals surface area (Å²) in [5, 5.41) is 0. The Morgan fingerprint density at radius 3 is 2.09 bits per heavy atom. The first-order valence-electron chi connectivity index (χ1n) is 5.17. The van der Waals surface area contributed by atoms with Crippen LogP contribution >= 0.6 is 34.4 Å². The standard InChI is InChI=1S/C5H5F2NO2S2.C5H5NOS2.2CH4/c1-12(9,10)5-8-2-3(11-5)4(6)7;1-8-5-6-2-4(3-7)9-5;;/h2,4H,1H3;2-3H,1H3;2*1H4. The average Bonchev–Trinajstić information content (AvgIpc) is 3.07. The molecule has 0 N–H and O–H groups in total. The second-order valence-electron chi connectivity index (χ2n) is 3.45. The third-order valence-corrected chi connectivity index (χ3v) is 6.45. The van der Waals surface area contributed by atoms with E-state index in [0.717, 1.165) is 23.1 Å². The number of aldehydes is 1. The molecule has 2 aromatic rings. The van der Waals surface area contributed by atoms with E-state index in [2.05, 4.69) is 9.97 Å². The van der Waals surface area contributed by atoms with Gasteiger partial charge in [-0.1, -0.05) is 26.6 Å². The molecule has 0 aliphatic carbocycles. The van der Waals surface area contributed by atoms with Crippen molar-refractivity contribution in [1.29, 1.82) is 0 Å². The summed E-state index contributed by atoms with van der Waals surface area (Å²) in [6.45, 7) is 0. The van der Waals surface area contributed by atoms with Gasteiger partial charge in [-0.05, 0) is 6.26 Å². The Bertz CT molecular complexity index is 699. The van der Waals surface area contributed by atoms with Crippen LogP contribution in [0.1, 0.15) is 35.8 Å². The zero-order valence-corrected chi connectivity index (χ0v) is 14.1. The Morgan fingerprint density at radius 1 is 1.22 bits per heavy atom. The summed E-state index contributed by atoms with van der Waals surface area (Å²) in [4.78, 5) is 17.8. The number of alkyl halides is 2. The predicted molar refractivity (Wildman–Crippen MR) is 92.9 cm³/mol. The van der Waals surface area contributed by atoms with Crippen molar-refractivity contribution in [2.24, 2.45) is 0 Å². The van der Waals surface area contributed by atoms with E-state index in [-0.39, 0.29) is 24.1 Å². The molecule has 0 saturated carbocycles. The van der Waals surface area contributed by atoms with Gasteiger partial charge in [-0.3, -0.25) is 4.79 Å². The van der Waals surface area contributed by atoms with Crippen LogP contribution in [0.3, 0.4) is 0 Å². The lowest BCUT2D eigenvalue weighted by Gasteiger charge is -1.88. The molecule has 0 amide bonds. The maximum Gasteiger partial charge on any atom is 0.274 e. The third kappa shape index (κ3) is 7.95. The molecule has 0 fully saturated rings. The van der Waals surface area contributed by atoms with Crippen molar-refractivity contribution in [3.63, 3.8) is 0 Å². The minimum Gasteiger partial charge on any atom is -0.297 e. The fourth-order valence-corrected chi connectivity index (χ4v) is 3.84. The van der Waals surface area contributed by atoms with Gasteiger partial charge < -0.3 is 0 Å². The molecule has 0 atom stereocenters. The van der Waals surface area contributed by atoms with Crippen LogP contribution < -0.4 is 0 Å². The molecule has 132 valence electrons. The van der Waals surface area contributed by atoms with Gasteiger partial charge in [0.2, 0.25) is 14.2 Å². The number of halogens is 2. The molecule has 0 bridgehead atoms. The Labute approximate surface area is 147 Å². The number of carbonyl (C=O) groups is 1. The van der Waals surface area contributed by atoms with E-state index < -0.39 is 16.3 Å². The molecular formula is C12H18F2N2O3S4. The fraction of sp³-hybridized carbons (Fsp3) is 0.417. The molecule has 0 spiro atoms. The highest BCUT2D eigenvalue weighted by Crippen LogP contribution is 2.26. The van der Waals surface area contributed by atoms with Crippen LogP contribution in [0.5, 0.6) is 0 Å². The molecule has 0 unspecified atom stereocenters. The lowest BCUT2D eigenvalue weighted by Crippen LogP contribution is -1.94. The van der Waals surface area contributed by atoms with E-state index in [1.54, 1.807) is 18.0 Å². The number of thioether (sulfide) groups is 1. The second kappa shape index (κ2) is 10.8. The largest absolute Gasteiger partial charge is 0.297 e. The van der Waals surface area contributed by atoms with Gasteiger partial charge in [0.1, 0.15) is 4.34 Å². The molecule has 11 heteroatoms. The molecule has 0 aliphatic heterocycles. The number of rotatable bonds is 4. The molecule has 0 radical (unpaired) electrons. The predicted octanol–water partition coefficient (Wildman–Crippen LogP) is 4.43. The van der Waals surface area contributed by atoms with Crippen molar-refractivity contribution in [3.05, 3.63) is 22.1 Å². The van der Waals surface area contributed by atoms with E-state index in [0.29, 0.717) is 16.2 Å². The SMILES string of the molecule is C.C.CS(=O)(=O)c1ncc(C(F)F)s1.CSc1ncc(C=O)s1. The number of sulfone groups is 1. The summed E-state index contributed by atoms with van der Waals surface area (Å²) in [5.41, 5.74) is 0. The zero-order valence-electron chi connectivity index (χ0n) is 10.8. The molecule has 0 saturated heterocycles.